The quantitative estimate of drug-likeness (QED) is 0.397. The van der Waals surface area contributed by atoms with Gasteiger partial charge >= 0.3 is 5.97 Å². The van der Waals surface area contributed by atoms with Crippen molar-refractivity contribution in [2.45, 2.75) is 45.1 Å². The number of carbonyl (C=O) groups excluding carboxylic acids is 1. The summed E-state index contributed by atoms with van der Waals surface area (Å²) in [5.41, 5.74) is 1.02. The molecule has 0 bridgehead atoms. The fourth-order valence-electron chi connectivity index (χ4n) is 3.34. The topological polar surface area (TPSA) is 38.8 Å². The molecule has 1 fully saturated rings. The standard InChI is InChI=1S/C21H29NO3/c1-4-14-22(19-10-6-5-7-11-19)15-8-9-18-12-13-20(25-17(2)23)21(16-18)24-3/h4,8-9,12-13,16,19H,1,5-7,10-11,14-15H2,2-3H3. The SMILES string of the molecule is C=CCN(CC=Cc1ccc(OC(C)=O)c(OC)c1)C1CCCCC1. The van der Waals surface area contributed by atoms with Crippen LogP contribution in [0.15, 0.2) is 36.9 Å². The molecule has 0 N–H and O–H groups in total. The minimum absolute atomic E-state index is 0.353. The Morgan fingerprint density at radius 3 is 2.64 bits per heavy atom. The van der Waals surface area contributed by atoms with E-state index in [0.29, 0.717) is 17.5 Å². The second kappa shape index (κ2) is 10.0. The summed E-state index contributed by atoms with van der Waals surface area (Å²) < 4.78 is 10.5. The zero-order valence-corrected chi connectivity index (χ0v) is 15.4. The Balaban J connectivity index is 2.01. The Morgan fingerprint density at radius 1 is 1.24 bits per heavy atom. The highest BCUT2D eigenvalue weighted by atomic mass is 16.6. The molecule has 136 valence electrons. The Hall–Kier alpha value is -2.07. The average Bonchev–Trinajstić information content (AvgIpc) is 2.62. The highest BCUT2D eigenvalue weighted by molar-refractivity contribution is 5.71. The first kappa shape index (κ1) is 19.3. The first-order valence-electron chi connectivity index (χ1n) is 9.02. The average molecular weight is 343 g/mol. The summed E-state index contributed by atoms with van der Waals surface area (Å²) in [6.45, 7) is 7.10. The van der Waals surface area contributed by atoms with Gasteiger partial charge in [0.25, 0.3) is 0 Å². The maximum Gasteiger partial charge on any atom is 0.308 e. The van der Waals surface area contributed by atoms with Crippen molar-refractivity contribution >= 4 is 12.0 Å². The molecule has 0 aromatic heterocycles. The molecule has 0 spiro atoms. The summed E-state index contributed by atoms with van der Waals surface area (Å²) in [6.07, 6.45) is 12.8. The zero-order valence-electron chi connectivity index (χ0n) is 15.4. The fourth-order valence-corrected chi connectivity index (χ4v) is 3.34. The minimum Gasteiger partial charge on any atom is -0.493 e. The van der Waals surface area contributed by atoms with Crippen LogP contribution in [0.3, 0.4) is 0 Å². The third-order valence-corrected chi connectivity index (χ3v) is 4.55. The van der Waals surface area contributed by atoms with E-state index >= 15 is 0 Å². The van der Waals surface area contributed by atoms with Gasteiger partial charge in [-0.25, -0.2) is 0 Å². The molecule has 4 heteroatoms. The van der Waals surface area contributed by atoms with Gasteiger partial charge < -0.3 is 9.47 Å². The number of benzene rings is 1. The van der Waals surface area contributed by atoms with Crippen LogP contribution in [-0.2, 0) is 4.79 Å². The van der Waals surface area contributed by atoms with E-state index in [4.69, 9.17) is 9.47 Å². The predicted octanol–water partition coefficient (Wildman–Crippen LogP) is 4.45. The van der Waals surface area contributed by atoms with Crippen molar-refractivity contribution in [2.24, 2.45) is 0 Å². The first-order chi connectivity index (χ1) is 12.1. The van der Waals surface area contributed by atoms with Gasteiger partial charge in [-0.05, 0) is 30.5 Å². The van der Waals surface area contributed by atoms with E-state index in [0.717, 1.165) is 18.7 Å². The van der Waals surface area contributed by atoms with Crippen LogP contribution < -0.4 is 9.47 Å². The summed E-state index contributed by atoms with van der Waals surface area (Å²) in [5.74, 6) is 0.657. The molecule has 1 aromatic rings. The lowest BCUT2D eigenvalue weighted by Crippen LogP contribution is -2.36. The van der Waals surface area contributed by atoms with Crippen LogP contribution in [0.1, 0.15) is 44.6 Å². The highest BCUT2D eigenvalue weighted by Crippen LogP contribution is 2.29. The van der Waals surface area contributed by atoms with E-state index in [1.807, 2.05) is 18.2 Å². The first-order valence-corrected chi connectivity index (χ1v) is 9.02. The van der Waals surface area contributed by atoms with Crippen molar-refractivity contribution in [1.29, 1.82) is 0 Å². The lowest BCUT2D eigenvalue weighted by Gasteiger charge is -2.32. The molecule has 0 amide bonds. The highest BCUT2D eigenvalue weighted by Gasteiger charge is 2.18. The number of carbonyl (C=O) groups is 1. The molecule has 4 nitrogen and oxygen atoms in total. The largest absolute Gasteiger partial charge is 0.493 e. The summed E-state index contributed by atoms with van der Waals surface area (Å²) in [6, 6.07) is 6.24. The van der Waals surface area contributed by atoms with Crippen molar-refractivity contribution in [2.75, 3.05) is 20.2 Å². The Morgan fingerprint density at radius 2 is 2.00 bits per heavy atom. The fraction of sp³-hybridized carbons (Fsp3) is 0.476. The lowest BCUT2D eigenvalue weighted by molar-refractivity contribution is -0.132. The maximum absolute atomic E-state index is 11.1. The number of hydrogen-bond donors (Lipinski definition) is 0. The molecule has 0 saturated heterocycles. The summed E-state index contributed by atoms with van der Waals surface area (Å²) >= 11 is 0. The van der Waals surface area contributed by atoms with Crippen LogP contribution in [0.4, 0.5) is 0 Å². The van der Waals surface area contributed by atoms with Gasteiger partial charge in [0.15, 0.2) is 11.5 Å². The van der Waals surface area contributed by atoms with E-state index in [1.165, 1.54) is 39.0 Å². The molecular formula is C21H29NO3. The third-order valence-electron chi connectivity index (χ3n) is 4.55. The van der Waals surface area contributed by atoms with E-state index in [9.17, 15) is 4.79 Å². The summed E-state index contributed by atoms with van der Waals surface area (Å²) in [5, 5.41) is 0. The van der Waals surface area contributed by atoms with Gasteiger partial charge in [-0.1, -0.05) is 43.6 Å². The molecule has 0 radical (unpaired) electrons. The molecule has 1 aliphatic rings. The molecule has 0 atom stereocenters. The lowest BCUT2D eigenvalue weighted by atomic mass is 9.94. The molecule has 1 aliphatic carbocycles. The maximum atomic E-state index is 11.1. The van der Waals surface area contributed by atoms with Crippen molar-refractivity contribution in [1.82, 2.24) is 4.90 Å². The Kier molecular flexibility index (Phi) is 7.74. The number of hydrogen-bond acceptors (Lipinski definition) is 4. The summed E-state index contributed by atoms with van der Waals surface area (Å²) in [4.78, 5) is 13.6. The van der Waals surface area contributed by atoms with Crippen molar-refractivity contribution in [3.63, 3.8) is 0 Å². The third kappa shape index (κ3) is 6.05. The van der Waals surface area contributed by atoms with Crippen molar-refractivity contribution in [3.8, 4) is 11.5 Å². The number of methoxy groups -OCH3 is 1. The monoisotopic (exact) mass is 343 g/mol. The van der Waals surface area contributed by atoms with Gasteiger partial charge in [0.2, 0.25) is 0 Å². The van der Waals surface area contributed by atoms with Crippen LogP contribution in [0.5, 0.6) is 11.5 Å². The van der Waals surface area contributed by atoms with Crippen LogP contribution in [-0.4, -0.2) is 37.1 Å². The molecule has 0 unspecified atom stereocenters. The van der Waals surface area contributed by atoms with Crippen LogP contribution in [0, 0.1) is 0 Å². The van der Waals surface area contributed by atoms with Gasteiger partial charge in [-0.2, -0.15) is 0 Å². The Labute approximate surface area is 151 Å². The van der Waals surface area contributed by atoms with E-state index in [2.05, 4.69) is 23.6 Å². The second-order valence-electron chi connectivity index (χ2n) is 6.44. The van der Waals surface area contributed by atoms with Crippen LogP contribution >= 0.6 is 0 Å². The van der Waals surface area contributed by atoms with Gasteiger partial charge in [0.1, 0.15) is 0 Å². The van der Waals surface area contributed by atoms with Crippen molar-refractivity contribution in [3.05, 3.63) is 42.5 Å². The normalized spacial score (nSPS) is 15.5. The Bertz CT molecular complexity index is 603. The van der Waals surface area contributed by atoms with Crippen molar-refractivity contribution < 1.29 is 14.3 Å². The smallest absolute Gasteiger partial charge is 0.308 e. The molecule has 1 aromatic carbocycles. The van der Waals surface area contributed by atoms with E-state index in [1.54, 1.807) is 13.2 Å². The number of esters is 1. The number of rotatable bonds is 8. The number of ether oxygens (including phenoxy) is 2. The zero-order chi connectivity index (χ0) is 18.1. The number of nitrogens with zero attached hydrogens (tertiary/aromatic N) is 1. The van der Waals surface area contributed by atoms with Gasteiger partial charge in [-0.3, -0.25) is 9.69 Å². The predicted molar refractivity (Wildman–Crippen MR) is 102 cm³/mol. The summed E-state index contributed by atoms with van der Waals surface area (Å²) in [7, 11) is 1.57. The van der Waals surface area contributed by atoms with Gasteiger partial charge in [0, 0.05) is 26.1 Å². The van der Waals surface area contributed by atoms with Crippen LogP contribution in [0.2, 0.25) is 0 Å². The molecule has 2 rings (SSSR count). The minimum atomic E-state index is -0.353. The van der Waals surface area contributed by atoms with Gasteiger partial charge in [-0.15, -0.1) is 6.58 Å². The second-order valence-corrected chi connectivity index (χ2v) is 6.44. The van der Waals surface area contributed by atoms with E-state index in [-0.39, 0.29) is 5.97 Å². The van der Waals surface area contributed by atoms with Crippen LogP contribution in [0.25, 0.3) is 6.08 Å². The molecule has 0 heterocycles. The molecule has 0 aliphatic heterocycles. The molecule has 25 heavy (non-hydrogen) atoms. The van der Waals surface area contributed by atoms with E-state index < -0.39 is 0 Å². The molecule has 1 saturated carbocycles. The van der Waals surface area contributed by atoms with Gasteiger partial charge in [0.05, 0.1) is 7.11 Å². The molecular weight excluding hydrogens is 314 g/mol.